The predicted molar refractivity (Wildman–Crippen MR) is 79.9 cm³/mol. The average molecular weight is 297 g/mol. The SMILES string of the molecule is CC(C)NC(=O)C1COCCN1C(=O)CNC1CCCC1. The monoisotopic (exact) mass is 297 g/mol. The Kier molecular flexibility index (Phi) is 5.99. The van der Waals surface area contributed by atoms with E-state index >= 15 is 0 Å². The van der Waals surface area contributed by atoms with Crippen molar-refractivity contribution in [1.29, 1.82) is 0 Å². The lowest BCUT2D eigenvalue weighted by atomic mass is 10.2. The van der Waals surface area contributed by atoms with E-state index in [1.165, 1.54) is 12.8 Å². The van der Waals surface area contributed by atoms with Gasteiger partial charge in [-0.05, 0) is 26.7 Å². The van der Waals surface area contributed by atoms with E-state index in [-0.39, 0.29) is 24.5 Å². The summed E-state index contributed by atoms with van der Waals surface area (Å²) in [5, 5.41) is 6.18. The van der Waals surface area contributed by atoms with Crippen molar-refractivity contribution >= 4 is 11.8 Å². The van der Waals surface area contributed by atoms with Gasteiger partial charge in [-0.3, -0.25) is 9.59 Å². The highest BCUT2D eigenvalue weighted by molar-refractivity contribution is 5.88. The molecule has 1 unspecified atom stereocenters. The number of amides is 2. The summed E-state index contributed by atoms with van der Waals surface area (Å²) in [5.74, 6) is -0.131. The smallest absolute Gasteiger partial charge is 0.245 e. The van der Waals surface area contributed by atoms with E-state index in [2.05, 4.69) is 10.6 Å². The topological polar surface area (TPSA) is 70.7 Å². The number of nitrogens with zero attached hydrogens (tertiary/aromatic N) is 1. The number of carbonyl (C=O) groups excluding carboxylic acids is 2. The summed E-state index contributed by atoms with van der Waals surface area (Å²) in [6.45, 7) is 5.41. The van der Waals surface area contributed by atoms with E-state index in [1.807, 2.05) is 13.8 Å². The second-order valence-electron chi connectivity index (χ2n) is 6.20. The fraction of sp³-hybridized carbons (Fsp3) is 0.867. The molecule has 6 heteroatoms. The van der Waals surface area contributed by atoms with Crippen LogP contribution in [0, 0.1) is 0 Å². The maximum Gasteiger partial charge on any atom is 0.245 e. The van der Waals surface area contributed by atoms with E-state index in [0.717, 1.165) is 12.8 Å². The molecule has 1 aliphatic carbocycles. The lowest BCUT2D eigenvalue weighted by Gasteiger charge is -2.35. The highest BCUT2D eigenvalue weighted by Gasteiger charge is 2.33. The second-order valence-corrected chi connectivity index (χ2v) is 6.20. The number of nitrogens with one attached hydrogen (secondary N) is 2. The minimum Gasteiger partial charge on any atom is -0.377 e. The third kappa shape index (κ3) is 4.68. The van der Waals surface area contributed by atoms with Crippen molar-refractivity contribution in [2.45, 2.75) is 57.7 Å². The van der Waals surface area contributed by atoms with E-state index in [4.69, 9.17) is 4.74 Å². The fourth-order valence-corrected chi connectivity index (χ4v) is 2.96. The zero-order chi connectivity index (χ0) is 15.2. The molecular formula is C15H27N3O3. The van der Waals surface area contributed by atoms with Crippen LogP contribution in [0.1, 0.15) is 39.5 Å². The summed E-state index contributed by atoms with van der Waals surface area (Å²) in [5.41, 5.74) is 0. The number of rotatable bonds is 5. The maximum absolute atomic E-state index is 12.4. The summed E-state index contributed by atoms with van der Waals surface area (Å²) >= 11 is 0. The Labute approximate surface area is 126 Å². The maximum atomic E-state index is 12.4. The van der Waals surface area contributed by atoms with Crippen LogP contribution < -0.4 is 10.6 Å². The van der Waals surface area contributed by atoms with Crippen molar-refractivity contribution in [1.82, 2.24) is 15.5 Å². The summed E-state index contributed by atoms with van der Waals surface area (Å²) in [4.78, 5) is 26.2. The standard InChI is InChI=1S/C15H27N3O3/c1-11(2)17-15(20)13-10-21-8-7-18(13)14(19)9-16-12-5-3-4-6-12/h11-13,16H,3-10H2,1-2H3,(H,17,20). The Balaban J connectivity index is 1.87. The molecule has 1 saturated carbocycles. The highest BCUT2D eigenvalue weighted by atomic mass is 16.5. The van der Waals surface area contributed by atoms with Crippen LogP contribution in [0.3, 0.4) is 0 Å². The predicted octanol–water partition coefficient (Wildman–Crippen LogP) is 0.271. The zero-order valence-electron chi connectivity index (χ0n) is 13.1. The minimum absolute atomic E-state index is 0.00546. The van der Waals surface area contributed by atoms with Crippen molar-refractivity contribution in [3.05, 3.63) is 0 Å². The summed E-state index contributed by atoms with van der Waals surface area (Å²) in [7, 11) is 0. The van der Waals surface area contributed by atoms with E-state index in [0.29, 0.717) is 25.7 Å². The molecule has 0 aromatic heterocycles. The van der Waals surface area contributed by atoms with Gasteiger partial charge in [-0.15, -0.1) is 0 Å². The van der Waals surface area contributed by atoms with Crippen LogP contribution in [0.4, 0.5) is 0 Å². The molecule has 2 N–H and O–H groups in total. The molecule has 0 radical (unpaired) electrons. The van der Waals surface area contributed by atoms with Gasteiger partial charge in [0.05, 0.1) is 19.8 Å². The molecule has 0 spiro atoms. The molecule has 0 aromatic rings. The molecule has 0 bridgehead atoms. The zero-order valence-corrected chi connectivity index (χ0v) is 13.1. The van der Waals surface area contributed by atoms with Gasteiger partial charge in [-0.2, -0.15) is 0 Å². The molecule has 21 heavy (non-hydrogen) atoms. The highest BCUT2D eigenvalue weighted by Crippen LogP contribution is 2.17. The van der Waals surface area contributed by atoms with E-state index in [9.17, 15) is 9.59 Å². The Bertz CT molecular complexity index is 367. The van der Waals surface area contributed by atoms with Crippen LogP contribution in [-0.2, 0) is 14.3 Å². The van der Waals surface area contributed by atoms with Crippen LogP contribution in [-0.4, -0.2) is 61.1 Å². The largest absolute Gasteiger partial charge is 0.377 e. The van der Waals surface area contributed by atoms with Crippen LogP contribution >= 0.6 is 0 Å². The molecular weight excluding hydrogens is 270 g/mol. The van der Waals surface area contributed by atoms with Gasteiger partial charge in [0.25, 0.3) is 0 Å². The molecule has 6 nitrogen and oxygen atoms in total. The van der Waals surface area contributed by atoms with Crippen molar-refractivity contribution in [3.63, 3.8) is 0 Å². The number of carbonyl (C=O) groups is 2. The quantitative estimate of drug-likeness (QED) is 0.764. The van der Waals surface area contributed by atoms with Gasteiger partial charge in [0.1, 0.15) is 6.04 Å². The second kappa shape index (κ2) is 7.75. The van der Waals surface area contributed by atoms with Crippen LogP contribution in [0.2, 0.25) is 0 Å². The normalized spacial score (nSPS) is 23.6. The van der Waals surface area contributed by atoms with Crippen LogP contribution in [0.5, 0.6) is 0 Å². The minimum atomic E-state index is -0.501. The van der Waals surface area contributed by atoms with Gasteiger partial charge in [0.2, 0.25) is 11.8 Å². The van der Waals surface area contributed by atoms with Crippen molar-refractivity contribution in [3.8, 4) is 0 Å². The van der Waals surface area contributed by atoms with Crippen molar-refractivity contribution in [2.24, 2.45) is 0 Å². The third-order valence-corrected chi connectivity index (χ3v) is 4.08. The Morgan fingerprint density at radius 3 is 2.67 bits per heavy atom. The van der Waals surface area contributed by atoms with Gasteiger partial charge < -0.3 is 20.3 Å². The van der Waals surface area contributed by atoms with Gasteiger partial charge >= 0.3 is 0 Å². The molecule has 1 heterocycles. The fourth-order valence-electron chi connectivity index (χ4n) is 2.96. The van der Waals surface area contributed by atoms with Crippen molar-refractivity contribution in [2.75, 3.05) is 26.3 Å². The van der Waals surface area contributed by atoms with Crippen LogP contribution in [0.15, 0.2) is 0 Å². The molecule has 1 aliphatic heterocycles. The first-order valence-electron chi connectivity index (χ1n) is 7.99. The Hall–Kier alpha value is -1.14. The van der Waals surface area contributed by atoms with Crippen molar-refractivity contribution < 1.29 is 14.3 Å². The van der Waals surface area contributed by atoms with Crippen LogP contribution in [0.25, 0.3) is 0 Å². The van der Waals surface area contributed by atoms with Gasteiger partial charge in [0.15, 0.2) is 0 Å². The lowest BCUT2D eigenvalue weighted by molar-refractivity contribution is -0.148. The number of morpholine rings is 1. The number of hydrogen-bond acceptors (Lipinski definition) is 4. The number of hydrogen-bond donors (Lipinski definition) is 2. The molecule has 2 aliphatic rings. The molecule has 0 aromatic carbocycles. The average Bonchev–Trinajstić information content (AvgIpc) is 2.97. The van der Waals surface area contributed by atoms with E-state index in [1.54, 1.807) is 4.90 Å². The first-order chi connectivity index (χ1) is 10.1. The molecule has 120 valence electrons. The number of ether oxygens (including phenoxy) is 1. The molecule has 1 atom stereocenters. The van der Waals surface area contributed by atoms with Gasteiger partial charge in [-0.25, -0.2) is 0 Å². The molecule has 1 saturated heterocycles. The third-order valence-electron chi connectivity index (χ3n) is 4.08. The first-order valence-corrected chi connectivity index (χ1v) is 7.99. The first kappa shape index (κ1) is 16.2. The Morgan fingerprint density at radius 2 is 2.00 bits per heavy atom. The van der Waals surface area contributed by atoms with E-state index < -0.39 is 6.04 Å². The Morgan fingerprint density at radius 1 is 1.29 bits per heavy atom. The van der Waals surface area contributed by atoms with Gasteiger partial charge in [-0.1, -0.05) is 12.8 Å². The summed E-state index contributed by atoms with van der Waals surface area (Å²) < 4.78 is 5.37. The molecule has 2 rings (SSSR count). The lowest BCUT2D eigenvalue weighted by Crippen LogP contribution is -2.58. The molecule has 2 amide bonds. The summed E-state index contributed by atoms with van der Waals surface area (Å²) in [6, 6.07) is 0.0185. The summed E-state index contributed by atoms with van der Waals surface area (Å²) in [6.07, 6.45) is 4.77. The molecule has 2 fully saturated rings. The van der Waals surface area contributed by atoms with Gasteiger partial charge in [0, 0.05) is 18.6 Å².